The van der Waals surface area contributed by atoms with E-state index >= 15 is 0 Å². The molecule has 0 amide bonds. The number of rotatable bonds is 4. The Morgan fingerprint density at radius 3 is 2.50 bits per heavy atom. The number of allylic oxidation sites excluding steroid dienone is 5. The van der Waals surface area contributed by atoms with Crippen molar-refractivity contribution < 1.29 is 4.39 Å². The summed E-state index contributed by atoms with van der Waals surface area (Å²) in [7, 11) is 0. The highest BCUT2D eigenvalue weighted by Crippen LogP contribution is 2.14. The molecule has 1 atom stereocenters. The van der Waals surface area contributed by atoms with Gasteiger partial charge >= 0.3 is 0 Å². The summed E-state index contributed by atoms with van der Waals surface area (Å²) >= 11 is 0. The minimum atomic E-state index is -0.209. The molecule has 0 aromatic carbocycles. The molecule has 0 rings (SSSR count). The third-order valence-corrected chi connectivity index (χ3v) is 1.98. The van der Waals surface area contributed by atoms with Crippen LogP contribution in [0.1, 0.15) is 27.2 Å². The van der Waals surface area contributed by atoms with Gasteiger partial charge in [-0.1, -0.05) is 38.2 Å². The summed E-state index contributed by atoms with van der Waals surface area (Å²) in [5.41, 5.74) is 0.981. The van der Waals surface area contributed by atoms with E-state index in [9.17, 15) is 4.39 Å². The van der Waals surface area contributed by atoms with Gasteiger partial charge in [-0.15, -0.1) is 0 Å². The van der Waals surface area contributed by atoms with Crippen molar-refractivity contribution in [2.45, 2.75) is 27.2 Å². The minimum Gasteiger partial charge on any atom is -0.207 e. The van der Waals surface area contributed by atoms with Crippen molar-refractivity contribution in [1.29, 1.82) is 0 Å². The van der Waals surface area contributed by atoms with Crippen LogP contribution in [0.25, 0.3) is 0 Å². The molecule has 0 aromatic rings. The van der Waals surface area contributed by atoms with Gasteiger partial charge in [-0.05, 0) is 25.3 Å². The highest BCUT2D eigenvalue weighted by atomic mass is 19.1. The summed E-state index contributed by atoms with van der Waals surface area (Å²) in [5, 5.41) is 0. The monoisotopic (exact) mass is 168 g/mol. The van der Waals surface area contributed by atoms with Crippen molar-refractivity contribution in [3.8, 4) is 0 Å². The summed E-state index contributed by atoms with van der Waals surface area (Å²) in [6.07, 6.45) is 5.67. The van der Waals surface area contributed by atoms with Crippen molar-refractivity contribution in [3.05, 3.63) is 36.2 Å². The maximum Gasteiger partial charge on any atom is 0.118 e. The summed E-state index contributed by atoms with van der Waals surface area (Å²) in [4.78, 5) is 0. The fourth-order valence-corrected chi connectivity index (χ4v) is 0.709. The molecule has 12 heavy (non-hydrogen) atoms. The Morgan fingerprint density at radius 1 is 1.50 bits per heavy atom. The maximum atomic E-state index is 12.6. The van der Waals surface area contributed by atoms with Crippen molar-refractivity contribution in [2.24, 2.45) is 5.92 Å². The molecule has 0 N–H and O–H groups in total. The smallest absolute Gasteiger partial charge is 0.118 e. The van der Waals surface area contributed by atoms with E-state index in [0.717, 1.165) is 12.0 Å². The molecule has 0 radical (unpaired) electrons. The molecule has 0 spiro atoms. The van der Waals surface area contributed by atoms with Gasteiger partial charge in [0.2, 0.25) is 0 Å². The second-order valence-corrected chi connectivity index (χ2v) is 2.89. The van der Waals surface area contributed by atoms with E-state index in [1.807, 2.05) is 0 Å². The van der Waals surface area contributed by atoms with Crippen LogP contribution < -0.4 is 0 Å². The molecule has 0 aromatic heterocycles. The van der Waals surface area contributed by atoms with Gasteiger partial charge in [0.15, 0.2) is 0 Å². The van der Waals surface area contributed by atoms with Crippen LogP contribution in [0.3, 0.4) is 0 Å². The van der Waals surface area contributed by atoms with Crippen LogP contribution >= 0.6 is 0 Å². The molecule has 0 unspecified atom stereocenters. The maximum absolute atomic E-state index is 12.6. The Hall–Kier alpha value is -0.850. The zero-order valence-electron chi connectivity index (χ0n) is 8.10. The van der Waals surface area contributed by atoms with Crippen LogP contribution in [-0.2, 0) is 0 Å². The molecule has 0 nitrogen and oxygen atoms in total. The average Bonchev–Trinajstić information content (AvgIpc) is 2.11. The molecule has 0 heterocycles. The second-order valence-electron chi connectivity index (χ2n) is 2.89. The Labute approximate surface area is 74.5 Å². The van der Waals surface area contributed by atoms with E-state index in [1.54, 1.807) is 13.0 Å². The van der Waals surface area contributed by atoms with Gasteiger partial charge in [-0.3, -0.25) is 0 Å². The lowest BCUT2D eigenvalue weighted by molar-refractivity contribution is 0.658. The molecule has 1 heteroatoms. The third kappa shape index (κ3) is 4.12. The lowest BCUT2D eigenvalue weighted by Crippen LogP contribution is -1.92. The van der Waals surface area contributed by atoms with Crippen LogP contribution in [0.5, 0.6) is 0 Å². The molecule has 0 fully saturated rings. The van der Waals surface area contributed by atoms with Crippen molar-refractivity contribution >= 4 is 0 Å². The lowest BCUT2D eigenvalue weighted by atomic mass is 10.00. The number of hydrogen-bond acceptors (Lipinski definition) is 0. The quantitative estimate of drug-likeness (QED) is 0.556. The topological polar surface area (TPSA) is 0 Å². The molecule has 0 saturated carbocycles. The zero-order valence-corrected chi connectivity index (χ0v) is 8.10. The molecule has 68 valence electrons. The minimum absolute atomic E-state index is 0.209. The van der Waals surface area contributed by atoms with Gasteiger partial charge in [-0.2, -0.15) is 0 Å². The van der Waals surface area contributed by atoms with Crippen LogP contribution in [0, 0.1) is 5.92 Å². The van der Waals surface area contributed by atoms with E-state index in [4.69, 9.17) is 0 Å². The Balaban J connectivity index is 4.09. The first-order valence-corrected chi connectivity index (χ1v) is 4.30. The zero-order chi connectivity index (χ0) is 9.56. The van der Waals surface area contributed by atoms with Crippen LogP contribution in [0.4, 0.5) is 4.39 Å². The first kappa shape index (κ1) is 11.2. The van der Waals surface area contributed by atoms with Crippen LogP contribution in [0.15, 0.2) is 36.2 Å². The van der Waals surface area contributed by atoms with E-state index < -0.39 is 0 Å². The van der Waals surface area contributed by atoms with E-state index in [-0.39, 0.29) is 5.83 Å². The van der Waals surface area contributed by atoms with Crippen molar-refractivity contribution in [3.63, 3.8) is 0 Å². The predicted molar refractivity (Wildman–Crippen MR) is 52.6 cm³/mol. The summed E-state index contributed by atoms with van der Waals surface area (Å²) in [6.45, 7) is 9.70. The Bertz CT molecular complexity index is 199. The van der Waals surface area contributed by atoms with Gasteiger partial charge in [-0.25, -0.2) is 4.39 Å². The average molecular weight is 168 g/mol. The fourth-order valence-electron chi connectivity index (χ4n) is 0.709. The number of halogens is 1. The molecular formula is C11H17F. The van der Waals surface area contributed by atoms with Crippen molar-refractivity contribution in [1.82, 2.24) is 0 Å². The van der Waals surface area contributed by atoms with Gasteiger partial charge in [0.25, 0.3) is 0 Å². The Kier molecular flexibility index (Phi) is 5.35. The lowest BCUT2D eigenvalue weighted by Gasteiger charge is -2.06. The van der Waals surface area contributed by atoms with Gasteiger partial charge < -0.3 is 0 Å². The fraction of sp³-hybridized carbons (Fsp3) is 0.455. The van der Waals surface area contributed by atoms with Gasteiger partial charge in [0, 0.05) is 0 Å². The molecule has 0 aliphatic heterocycles. The van der Waals surface area contributed by atoms with E-state index in [1.165, 1.54) is 12.2 Å². The third-order valence-electron chi connectivity index (χ3n) is 1.98. The highest BCUT2D eigenvalue weighted by molar-refractivity contribution is 5.23. The molecular weight excluding hydrogens is 151 g/mol. The predicted octanol–water partition coefficient (Wildman–Crippen LogP) is 4.02. The normalized spacial score (nSPS) is 15.2. The largest absolute Gasteiger partial charge is 0.207 e. The standard InChI is InChI=1S/C11H17F/c1-5-9(3)10(4)7-8-11(12)6-2/h6-9H,4-5H2,1-3H3/b8-7-,11-6+/t9-/m0/s1. The van der Waals surface area contributed by atoms with Crippen LogP contribution in [0.2, 0.25) is 0 Å². The van der Waals surface area contributed by atoms with E-state index in [0.29, 0.717) is 5.92 Å². The van der Waals surface area contributed by atoms with E-state index in [2.05, 4.69) is 20.4 Å². The second kappa shape index (κ2) is 5.76. The summed E-state index contributed by atoms with van der Waals surface area (Å²) in [6, 6.07) is 0. The van der Waals surface area contributed by atoms with Gasteiger partial charge in [0.05, 0.1) is 0 Å². The first-order valence-electron chi connectivity index (χ1n) is 4.30. The Morgan fingerprint density at radius 2 is 2.08 bits per heavy atom. The van der Waals surface area contributed by atoms with Crippen molar-refractivity contribution in [2.75, 3.05) is 0 Å². The molecule has 0 aliphatic rings. The van der Waals surface area contributed by atoms with Crippen LogP contribution in [-0.4, -0.2) is 0 Å². The highest BCUT2D eigenvalue weighted by Gasteiger charge is 1.99. The summed E-state index contributed by atoms with van der Waals surface area (Å²) in [5.74, 6) is 0.227. The first-order chi connectivity index (χ1) is 5.61. The SMILES string of the molecule is C=C(/C=C\C(F)=C/C)[C@@H](C)CC. The molecule has 0 aliphatic carbocycles. The molecule has 0 bridgehead atoms. The van der Waals surface area contributed by atoms with Gasteiger partial charge in [0.1, 0.15) is 5.83 Å². The number of hydrogen-bond donors (Lipinski definition) is 0. The summed E-state index contributed by atoms with van der Waals surface area (Å²) < 4.78 is 12.6. The molecule has 0 saturated heterocycles.